The molecular weight excluding hydrogens is 286 g/mol. The zero-order valence-electron chi connectivity index (χ0n) is 10.9. The second kappa shape index (κ2) is 6.22. The van der Waals surface area contributed by atoms with E-state index >= 15 is 0 Å². The van der Waals surface area contributed by atoms with E-state index in [1.54, 1.807) is 18.2 Å². The monoisotopic (exact) mass is 303 g/mol. The molecule has 1 N–H and O–H groups in total. The lowest BCUT2D eigenvalue weighted by Gasteiger charge is -2.13. The molecule has 0 bridgehead atoms. The molecule has 0 spiro atoms. The molecule has 1 saturated heterocycles. The van der Waals surface area contributed by atoms with Crippen LogP contribution in [0.3, 0.4) is 0 Å². The molecule has 2 rings (SSSR count). The Bertz CT molecular complexity index is 539. The predicted molar refractivity (Wildman–Crippen MR) is 75.2 cm³/mol. The lowest BCUT2D eigenvalue weighted by Crippen LogP contribution is -2.26. The van der Waals surface area contributed by atoms with Crippen LogP contribution in [0.5, 0.6) is 0 Å². The van der Waals surface area contributed by atoms with Gasteiger partial charge in [-0.3, -0.25) is 0 Å². The Hall–Kier alpha value is -0.620. The first kappa shape index (κ1) is 14.8. The summed E-state index contributed by atoms with van der Waals surface area (Å²) >= 11 is 6.10. The molecule has 1 aromatic rings. The van der Waals surface area contributed by atoms with Gasteiger partial charge in [0, 0.05) is 36.5 Å². The van der Waals surface area contributed by atoms with E-state index in [0.717, 1.165) is 19.4 Å². The van der Waals surface area contributed by atoms with E-state index in [0.29, 0.717) is 28.6 Å². The molecule has 0 amide bonds. The van der Waals surface area contributed by atoms with Gasteiger partial charge in [0.2, 0.25) is 0 Å². The van der Waals surface area contributed by atoms with Crippen LogP contribution in [-0.4, -0.2) is 33.9 Å². The Morgan fingerprint density at radius 2 is 2.26 bits per heavy atom. The van der Waals surface area contributed by atoms with Crippen LogP contribution in [0.4, 0.5) is 0 Å². The number of rotatable bonds is 5. The number of ether oxygens (including phenoxy) is 1. The number of benzene rings is 1. The lowest BCUT2D eigenvalue weighted by molar-refractivity contribution is 0.110. The van der Waals surface area contributed by atoms with Crippen molar-refractivity contribution >= 4 is 21.4 Å². The van der Waals surface area contributed by atoms with Crippen LogP contribution >= 0.6 is 11.6 Å². The molecule has 1 aliphatic heterocycles. The van der Waals surface area contributed by atoms with Gasteiger partial charge in [-0.05, 0) is 25.0 Å². The van der Waals surface area contributed by atoms with Crippen LogP contribution < -0.4 is 5.32 Å². The minimum atomic E-state index is -3.26. The van der Waals surface area contributed by atoms with Crippen LogP contribution in [0.1, 0.15) is 18.4 Å². The topological polar surface area (TPSA) is 55.4 Å². The second-order valence-corrected chi connectivity index (χ2v) is 7.15. The van der Waals surface area contributed by atoms with Crippen LogP contribution in [0.15, 0.2) is 23.1 Å². The zero-order valence-corrected chi connectivity index (χ0v) is 12.4. The van der Waals surface area contributed by atoms with Crippen LogP contribution in [0.25, 0.3) is 0 Å². The molecule has 1 aliphatic rings. The van der Waals surface area contributed by atoms with Crippen molar-refractivity contribution in [2.75, 3.05) is 19.4 Å². The van der Waals surface area contributed by atoms with Crippen LogP contribution in [-0.2, 0) is 21.1 Å². The van der Waals surface area contributed by atoms with Crippen molar-refractivity contribution in [2.24, 2.45) is 0 Å². The van der Waals surface area contributed by atoms with Gasteiger partial charge in [0.05, 0.1) is 11.0 Å². The normalized spacial score (nSPS) is 19.8. The zero-order chi connectivity index (χ0) is 13.9. The van der Waals surface area contributed by atoms with Crippen molar-refractivity contribution in [2.45, 2.75) is 30.4 Å². The molecule has 106 valence electrons. The fourth-order valence-corrected chi connectivity index (χ4v) is 3.47. The summed E-state index contributed by atoms with van der Waals surface area (Å²) in [5.74, 6) is 0. The van der Waals surface area contributed by atoms with E-state index < -0.39 is 9.84 Å². The fourth-order valence-electron chi connectivity index (χ4n) is 2.22. The van der Waals surface area contributed by atoms with Gasteiger partial charge in [0.15, 0.2) is 9.84 Å². The van der Waals surface area contributed by atoms with E-state index in [4.69, 9.17) is 16.3 Å². The molecule has 1 atom stereocenters. The van der Waals surface area contributed by atoms with Crippen LogP contribution in [0, 0.1) is 0 Å². The molecule has 0 saturated carbocycles. The van der Waals surface area contributed by atoms with E-state index in [1.165, 1.54) is 6.26 Å². The van der Waals surface area contributed by atoms with Crippen LogP contribution in [0.2, 0.25) is 5.02 Å². The molecule has 1 fully saturated rings. The molecule has 0 aliphatic carbocycles. The van der Waals surface area contributed by atoms with Gasteiger partial charge < -0.3 is 10.1 Å². The Labute approximate surface area is 119 Å². The Kier molecular flexibility index (Phi) is 4.84. The molecule has 1 heterocycles. The summed E-state index contributed by atoms with van der Waals surface area (Å²) in [7, 11) is -3.26. The first-order valence-electron chi connectivity index (χ1n) is 6.28. The summed E-state index contributed by atoms with van der Waals surface area (Å²) in [6, 6.07) is 4.95. The summed E-state index contributed by atoms with van der Waals surface area (Å²) in [6.07, 6.45) is 3.56. The summed E-state index contributed by atoms with van der Waals surface area (Å²) < 4.78 is 28.9. The van der Waals surface area contributed by atoms with E-state index in [9.17, 15) is 8.42 Å². The number of halogens is 1. The van der Waals surface area contributed by atoms with Crippen molar-refractivity contribution in [3.63, 3.8) is 0 Å². The minimum Gasteiger partial charge on any atom is -0.377 e. The van der Waals surface area contributed by atoms with Gasteiger partial charge in [-0.25, -0.2) is 8.42 Å². The number of hydrogen-bond donors (Lipinski definition) is 1. The number of hydrogen-bond acceptors (Lipinski definition) is 4. The largest absolute Gasteiger partial charge is 0.377 e. The summed E-state index contributed by atoms with van der Waals surface area (Å²) in [6.45, 7) is 1.96. The maximum atomic E-state index is 11.7. The SMILES string of the molecule is CS(=O)(=O)c1cccc(Cl)c1CNCC1CCCO1. The van der Waals surface area contributed by atoms with Gasteiger partial charge in [0.1, 0.15) is 0 Å². The van der Waals surface area contributed by atoms with Crippen molar-refractivity contribution in [1.82, 2.24) is 5.32 Å². The maximum Gasteiger partial charge on any atom is 0.175 e. The lowest BCUT2D eigenvalue weighted by atomic mass is 10.2. The third-order valence-corrected chi connectivity index (χ3v) is 4.71. The summed E-state index contributed by atoms with van der Waals surface area (Å²) in [5.41, 5.74) is 0.629. The van der Waals surface area contributed by atoms with Gasteiger partial charge in [-0.1, -0.05) is 17.7 Å². The van der Waals surface area contributed by atoms with Gasteiger partial charge in [-0.15, -0.1) is 0 Å². The standard InChI is InChI=1S/C13H18ClNO3S/c1-19(16,17)13-6-2-5-12(14)11(13)9-15-8-10-4-3-7-18-10/h2,5-6,10,15H,3-4,7-9H2,1H3. The Morgan fingerprint density at radius 3 is 2.89 bits per heavy atom. The highest BCUT2D eigenvalue weighted by atomic mass is 35.5. The molecule has 4 nitrogen and oxygen atoms in total. The predicted octanol–water partition coefficient (Wildman–Crippen LogP) is 2.01. The number of sulfone groups is 1. The van der Waals surface area contributed by atoms with E-state index in [2.05, 4.69) is 5.32 Å². The van der Waals surface area contributed by atoms with Crippen molar-refractivity contribution in [1.29, 1.82) is 0 Å². The highest BCUT2D eigenvalue weighted by Gasteiger charge is 2.18. The smallest absolute Gasteiger partial charge is 0.175 e. The van der Waals surface area contributed by atoms with E-state index in [-0.39, 0.29) is 6.10 Å². The highest BCUT2D eigenvalue weighted by molar-refractivity contribution is 7.90. The third-order valence-electron chi connectivity index (χ3n) is 3.17. The molecule has 0 aromatic heterocycles. The first-order valence-corrected chi connectivity index (χ1v) is 8.55. The number of nitrogens with one attached hydrogen (secondary N) is 1. The van der Waals surface area contributed by atoms with Gasteiger partial charge in [-0.2, -0.15) is 0 Å². The average molecular weight is 304 g/mol. The average Bonchev–Trinajstić information content (AvgIpc) is 2.82. The fraction of sp³-hybridized carbons (Fsp3) is 0.538. The van der Waals surface area contributed by atoms with Crippen molar-refractivity contribution in [3.8, 4) is 0 Å². The maximum absolute atomic E-state index is 11.7. The quantitative estimate of drug-likeness (QED) is 0.904. The summed E-state index contributed by atoms with van der Waals surface area (Å²) in [5, 5.41) is 3.70. The van der Waals surface area contributed by atoms with Crippen molar-refractivity contribution < 1.29 is 13.2 Å². The Balaban J connectivity index is 2.06. The van der Waals surface area contributed by atoms with Gasteiger partial charge in [0.25, 0.3) is 0 Å². The first-order chi connectivity index (χ1) is 8.98. The summed E-state index contributed by atoms with van der Waals surface area (Å²) in [4.78, 5) is 0.292. The second-order valence-electron chi connectivity index (χ2n) is 4.75. The molecule has 1 aromatic carbocycles. The van der Waals surface area contributed by atoms with Gasteiger partial charge >= 0.3 is 0 Å². The molecule has 0 radical (unpaired) electrons. The molecule has 6 heteroatoms. The molecule has 19 heavy (non-hydrogen) atoms. The third kappa shape index (κ3) is 3.92. The highest BCUT2D eigenvalue weighted by Crippen LogP contribution is 2.24. The van der Waals surface area contributed by atoms with E-state index in [1.807, 2.05) is 0 Å². The van der Waals surface area contributed by atoms with Crippen molar-refractivity contribution in [3.05, 3.63) is 28.8 Å². The Morgan fingerprint density at radius 1 is 1.47 bits per heavy atom. The molecular formula is C13H18ClNO3S. The molecule has 1 unspecified atom stereocenters. The minimum absolute atomic E-state index is 0.226.